The highest BCUT2D eigenvalue weighted by atomic mass is 35.5. The minimum Gasteiger partial charge on any atom is -0.493 e. The van der Waals surface area contributed by atoms with Crippen LogP contribution in [0, 0.1) is 6.92 Å². The van der Waals surface area contributed by atoms with Crippen molar-refractivity contribution in [1.29, 1.82) is 0 Å². The van der Waals surface area contributed by atoms with Gasteiger partial charge in [0.2, 0.25) is 5.91 Å². The first-order valence-electron chi connectivity index (χ1n) is 11.1. The van der Waals surface area contributed by atoms with Crippen molar-refractivity contribution in [3.63, 3.8) is 0 Å². The van der Waals surface area contributed by atoms with E-state index in [0.29, 0.717) is 34.6 Å². The third kappa shape index (κ3) is 4.30. The Balaban J connectivity index is 1.58. The summed E-state index contributed by atoms with van der Waals surface area (Å²) in [5.74, 6) is 1.72. The van der Waals surface area contributed by atoms with Gasteiger partial charge in [0, 0.05) is 28.5 Å². The average molecular weight is 491 g/mol. The normalized spacial score (nSPS) is 14.9. The Bertz CT molecular complexity index is 1400. The molecule has 0 aliphatic carbocycles. The maximum atomic E-state index is 12.8. The Morgan fingerprint density at radius 1 is 1.17 bits per heavy atom. The summed E-state index contributed by atoms with van der Waals surface area (Å²) >= 11 is 6.01. The smallest absolute Gasteiger partial charge is 0.272 e. The van der Waals surface area contributed by atoms with E-state index < -0.39 is 0 Å². The topological polar surface area (TPSA) is 104 Å². The van der Waals surface area contributed by atoms with Gasteiger partial charge < -0.3 is 14.8 Å². The summed E-state index contributed by atoms with van der Waals surface area (Å²) in [6, 6.07) is 13.0. The van der Waals surface area contributed by atoms with Crippen molar-refractivity contribution in [3.8, 4) is 28.7 Å². The van der Waals surface area contributed by atoms with Crippen molar-refractivity contribution in [2.75, 3.05) is 19.0 Å². The molecule has 35 heavy (non-hydrogen) atoms. The number of hydrogen-bond donors (Lipinski definition) is 1. The molecule has 5 rings (SSSR count). The second kappa shape index (κ2) is 9.34. The molecule has 0 spiro atoms. The first-order chi connectivity index (χ1) is 17.0. The number of rotatable bonds is 6. The van der Waals surface area contributed by atoms with Gasteiger partial charge in [-0.3, -0.25) is 4.79 Å². The SMILES string of the molecule is CCOc1ccc([C@@H]2CC(=O)Nc3c2c(C)nn3-c2nncc(-c3ccc(Cl)cc3)n2)cc1OC. The third-order valence-corrected chi connectivity index (χ3v) is 6.12. The zero-order valence-corrected chi connectivity index (χ0v) is 20.2. The lowest BCUT2D eigenvalue weighted by Gasteiger charge is -2.24. The highest BCUT2D eigenvalue weighted by Gasteiger charge is 2.33. The second-order valence-electron chi connectivity index (χ2n) is 8.06. The molecule has 0 unspecified atom stereocenters. The van der Waals surface area contributed by atoms with Crippen molar-refractivity contribution < 1.29 is 14.3 Å². The molecule has 0 radical (unpaired) electrons. The summed E-state index contributed by atoms with van der Waals surface area (Å²) in [7, 11) is 1.60. The molecule has 1 N–H and O–H groups in total. The number of hydrogen-bond acceptors (Lipinski definition) is 7. The van der Waals surface area contributed by atoms with Crippen LogP contribution in [-0.2, 0) is 4.79 Å². The van der Waals surface area contributed by atoms with E-state index in [9.17, 15) is 4.79 Å². The van der Waals surface area contributed by atoms with Gasteiger partial charge in [-0.2, -0.15) is 14.9 Å². The molecule has 9 nitrogen and oxygen atoms in total. The third-order valence-electron chi connectivity index (χ3n) is 5.87. The first-order valence-corrected chi connectivity index (χ1v) is 11.5. The highest BCUT2D eigenvalue weighted by molar-refractivity contribution is 6.30. The molecule has 1 amide bonds. The van der Waals surface area contributed by atoms with E-state index in [2.05, 4.69) is 25.6 Å². The number of fused-ring (bicyclic) bond motifs is 1. The number of carbonyl (C=O) groups excluding carboxylic acids is 1. The van der Waals surface area contributed by atoms with Crippen LogP contribution in [0.2, 0.25) is 5.02 Å². The number of anilines is 1. The van der Waals surface area contributed by atoms with Crippen LogP contribution in [0.25, 0.3) is 17.2 Å². The number of nitrogens with zero attached hydrogens (tertiary/aromatic N) is 5. The average Bonchev–Trinajstić information content (AvgIpc) is 3.20. The molecule has 0 saturated heterocycles. The minimum absolute atomic E-state index is 0.127. The van der Waals surface area contributed by atoms with Gasteiger partial charge in [-0.05, 0) is 43.7 Å². The minimum atomic E-state index is -0.218. The Labute approximate surface area is 207 Å². The fourth-order valence-electron chi connectivity index (χ4n) is 4.30. The number of methoxy groups -OCH3 is 1. The Kier molecular flexibility index (Phi) is 6.08. The van der Waals surface area contributed by atoms with Crippen molar-refractivity contribution in [2.24, 2.45) is 0 Å². The zero-order chi connectivity index (χ0) is 24.5. The number of aromatic nitrogens is 5. The number of nitrogens with one attached hydrogen (secondary N) is 1. The van der Waals surface area contributed by atoms with Gasteiger partial charge in [0.05, 0.1) is 31.3 Å². The van der Waals surface area contributed by atoms with Crippen LogP contribution in [0.4, 0.5) is 5.82 Å². The summed E-state index contributed by atoms with van der Waals surface area (Å²) in [5, 5.41) is 16.6. The molecule has 4 aromatic rings. The van der Waals surface area contributed by atoms with Crippen LogP contribution in [0.3, 0.4) is 0 Å². The molecule has 0 fully saturated rings. The van der Waals surface area contributed by atoms with E-state index in [-0.39, 0.29) is 24.2 Å². The van der Waals surface area contributed by atoms with E-state index in [4.69, 9.17) is 21.1 Å². The summed E-state index contributed by atoms with van der Waals surface area (Å²) in [6.45, 7) is 4.35. The van der Waals surface area contributed by atoms with Crippen LogP contribution in [0.1, 0.15) is 36.1 Å². The molecule has 1 atom stereocenters. The number of carbonyl (C=O) groups is 1. The largest absolute Gasteiger partial charge is 0.493 e. The van der Waals surface area contributed by atoms with Crippen LogP contribution in [0.15, 0.2) is 48.7 Å². The molecule has 1 aliphatic heterocycles. The van der Waals surface area contributed by atoms with Gasteiger partial charge in [-0.1, -0.05) is 29.8 Å². The molecule has 178 valence electrons. The van der Waals surface area contributed by atoms with Crippen molar-refractivity contribution in [3.05, 3.63) is 70.5 Å². The Morgan fingerprint density at radius 3 is 2.71 bits per heavy atom. The molecule has 2 aromatic carbocycles. The maximum absolute atomic E-state index is 12.8. The summed E-state index contributed by atoms with van der Waals surface area (Å²) in [5.41, 5.74) is 4.04. The van der Waals surface area contributed by atoms with Crippen molar-refractivity contribution in [1.82, 2.24) is 25.0 Å². The summed E-state index contributed by atoms with van der Waals surface area (Å²) in [6.07, 6.45) is 1.85. The molecule has 0 bridgehead atoms. The predicted octanol–water partition coefficient (Wildman–Crippen LogP) is 4.57. The first kappa shape index (κ1) is 22.8. The maximum Gasteiger partial charge on any atom is 0.272 e. The van der Waals surface area contributed by atoms with Gasteiger partial charge in [-0.15, -0.1) is 5.10 Å². The second-order valence-corrected chi connectivity index (χ2v) is 8.49. The molecule has 2 aromatic heterocycles. The van der Waals surface area contributed by atoms with Gasteiger partial charge in [-0.25, -0.2) is 4.98 Å². The predicted molar refractivity (Wildman–Crippen MR) is 131 cm³/mol. The van der Waals surface area contributed by atoms with Gasteiger partial charge in [0.25, 0.3) is 5.95 Å². The number of benzene rings is 2. The van der Waals surface area contributed by atoms with Crippen LogP contribution < -0.4 is 14.8 Å². The molecule has 0 saturated carbocycles. The highest BCUT2D eigenvalue weighted by Crippen LogP contribution is 2.42. The van der Waals surface area contributed by atoms with Gasteiger partial charge >= 0.3 is 0 Å². The van der Waals surface area contributed by atoms with Crippen LogP contribution in [-0.4, -0.2) is 44.6 Å². The van der Waals surface area contributed by atoms with E-state index in [1.807, 2.05) is 44.2 Å². The molecular weight excluding hydrogens is 468 g/mol. The number of aryl methyl sites for hydroxylation is 1. The Hall–Kier alpha value is -3.98. The molecule has 10 heteroatoms. The summed E-state index contributed by atoms with van der Waals surface area (Å²) < 4.78 is 12.7. The number of halogens is 1. The van der Waals surface area contributed by atoms with Crippen LogP contribution >= 0.6 is 11.6 Å². The van der Waals surface area contributed by atoms with E-state index in [1.165, 1.54) is 4.68 Å². The van der Waals surface area contributed by atoms with E-state index >= 15 is 0 Å². The zero-order valence-electron chi connectivity index (χ0n) is 19.4. The number of ether oxygens (including phenoxy) is 2. The van der Waals surface area contributed by atoms with E-state index in [1.54, 1.807) is 25.4 Å². The molecular formula is C25H23ClN6O3. The lowest BCUT2D eigenvalue weighted by molar-refractivity contribution is -0.116. The lowest BCUT2D eigenvalue weighted by atomic mass is 9.85. The van der Waals surface area contributed by atoms with Gasteiger partial charge in [0.15, 0.2) is 11.5 Å². The monoisotopic (exact) mass is 490 g/mol. The standard InChI is InChI=1S/C25H23ClN6O3/c1-4-35-20-10-7-16(11-21(20)34-3)18-12-22(33)29-24-23(18)14(2)31-32(24)25-28-19(13-27-30-25)15-5-8-17(26)9-6-15/h5-11,13,18H,4,12H2,1-3H3,(H,29,33)/t18-/m0/s1. The number of amides is 1. The molecule has 1 aliphatic rings. The van der Waals surface area contributed by atoms with Crippen LogP contribution in [0.5, 0.6) is 11.5 Å². The quantitative estimate of drug-likeness (QED) is 0.422. The summed E-state index contributed by atoms with van der Waals surface area (Å²) in [4.78, 5) is 17.4. The van der Waals surface area contributed by atoms with Crippen molar-refractivity contribution >= 4 is 23.3 Å². The molecule has 3 heterocycles. The van der Waals surface area contributed by atoms with Gasteiger partial charge in [0.1, 0.15) is 5.82 Å². The Morgan fingerprint density at radius 2 is 1.97 bits per heavy atom. The fraction of sp³-hybridized carbons (Fsp3) is 0.240. The van der Waals surface area contributed by atoms with Crippen molar-refractivity contribution in [2.45, 2.75) is 26.2 Å². The lowest BCUT2D eigenvalue weighted by Crippen LogP contribution is -2.25. The van der Waals surface area contributed by atoms with E-state index in [0.717, 1.165) is 22.4 Å². The fourth-order valence-corrected chi connectivity index (χ4v) is 4.42.